The van der Waals surface area contributed by atoms with Crippen LogP contribution in [0.3, 0.4) is 0 Å². The highest BCUT2D eigenvalue weighted by molar-refractivity contribution is 7.48. The Labute approximate surface area is 250 Å². The molecule has 5 aromatic carbocycles. The minimum atomic E-state index is -0.397. The van der Waals surface area contributed by atoms with Gasteiger partial charge in [0.05, 0.1) is 0 Å². The molecule has 2 unspecified atom stereocenters. The molecule has 0 spiro atoms. The van der Waals surface area contributed by atoms with E-state index in [1.807, 2.05) is 30.3 Å². The van der Waals surface area contributed by atoms with E-state index in [9.17, 15) is 9.18 Å². The van der Waals surface area contributed by atoms with E-state index in [2.05, 4.69) is 86.6 Å². The molecule has 42 heavy (non-hydrogen) atoms. The van der Waals surface area contributed by atoms with Gasteiger partial charge in [-0.25, -0.2) is 4.39 Å². The van der Waals surface area contributed by atoms with Crippen molar-refractivity contribution in [2.45, 2.75) is 44.9 Å². The van der Waals surface area contributed by atoms with E-state index >= 15 is 0 Å². The van der Waals surface area contributed by atoms with Gasteiger partial charge in [-0.1, -0.05) is 132 Å². The predicted molar refractivity (Wildman–Crippen MR) is 173 cm³/mol. The smallest absolute Gasteiger partial charge is 0.150 e. The molecular weight excluding hydrogens is 538 g/mol. The van der Waals surface area contributed by atoms with Gasteiger partial charge in [0.2, 0.25) is 0 Å². The van der Waals surface area contributed by atoms with Crippen molar-refractivity contribution in [3.05, 3.63) is 166 Å². The average molecular weight is 575 g/mol. The van der Waals surface area contributed by atoms with Gasteiger partial charge in [-0.2, -0.15) is 0 Å². The molecule has 0 bridgehead atoms. The Bertz CT molecular complexity index is 1620. The molecule has 2 nitrogen and oxygen atoms in total. The molecule has 212 valence electrons. The highest BCUT2D eigenvalue weighted by Gasteiger charge is 2.32. The third-order valence-corrected chi connectivity index (χ3v) is 9.69. The molecule has 0 saturated heterocycles. The molecule has 0 N–H and O–H groups in total. The van der Waals surface area contributed by atoms with Crippen LogP contribution in [0, 0.1) is 5.82 Å². The van der Waals surface area contributed by atoms with E-state index in [1.54, 1.807) is 6.07 Å². The van der Waals surface area contributed by atoms with E-state index in [4.69, 9.17) is 4.74 Å². The normalized spacial score (nSPS) is 12.7. The molecule has 4 heteroatoms. The number of hydrogen-bond donors (Lipinski definition) is 0. The van der Waals surface area contributed by atoms with Gasteiger partial charge in [-0.15, -0.1) is 0 Å². The van der Waals surface area contributed by atoms with Crippen molar-refractivity contribution in [3.8, 4) is 5.75 Å². The molecule has 0 aliphatic carbocycles. The third kappa shape index (κ3) is 7.22. The molecule has 0 radical (unpaired) electrons. The monoisotopic (exact) mass is 574 g/mol. The van der Waals surface area contributed by atoms with E-state index in [-0.39, 0.29) is 13.7 Å². The van der Waals surface area contributed by atoms with Crippen molar-refractivity contribution in [2.24, 2.45) is 0 Å². The molecule has 0 heterocycles. The van der Waals surface area contributed by atoms with Gasteiger partial charge in [-0.3, -0.25) is 4.79 Å². The van der Waals surface area contributed by atoms with Crippen molar-refractivity contribution in [3.63, 3.8) is 0 Å². The van der Waals surface area contributed by atoms with Gasteiger partial charge >= 0.3 is 0 Å². The maximum Gasteiger partial charge on any atom is 0.150 e. The zero-order chi connectivity index (χ0) is 29.4. The van der Waals surface area contributed by atoms with Crippen LogP contribution in [0.2, 0.25) is 0 Å². The number of benzene rings is 5. The molecule has 5 aromatic rings. The second kappa shape index (κ2) is 13.7. The molecule has 0 aromatic heterocycles. The van der Waals surface area contributed by atoms with Crippen LogP contribution in [0.4, 0.5) is 4.39 Å². The highest BCUT2D eigenvalue weighted by Crippen LogP contribution is 2.49. The number of rotatable bonds is 12. The second-order valence-electron chi connectivity index (χ2n) is 10.9. The molecular formula is C38H36FO2P. The number of halogens is 1. The van der Waals surface area contributed by atoms with Crippen molar-refractivity contribution in [2.75, 3.05) is 0 Å². The molecule has 2 atom stereocenters. The number of aldehydes is 1. The van der Waals surface area contributed by atoms with E-state index in [1.165, 1.54) is 28.8 Å². The van der Waals surface area contributed by atoms with Crippen molar-refractivity contribution >= 4 is 20.2 Å². The maximum atomic E-state index is 14.0. The fourth-order valence-corrected chi connectivity index (χ4v) is 6.87. The van der Waals surface area contributed by atoms with Crippen LogP contribution in [0.15, 0.2) is 121 Å². The summed E-state index contributed by atoms with van der Waals surface area (Å²) in [6.45, 7) is 4.87. The predicted octanol–water partition coefficient (Wildman–Crippen LogP) is 9.03. The summed E-state index contributed by atoms with van der Waals surface area (Å²) in [4.78, 5) is 11.9. The van der Waals surface area contributed by atoms with Gasteiger partial charge in [-0.05, 0) is 58.1 Å². The van der Waals surface area contributed by atoms with Crippen LogP contribution in [-0.4, -0.2) is 6.29 Å². The van der Waals surface area contributed by atoms with Crippen LogP contribution in [-0.2, 0) is 24.6 Å². The largest absolute Gasteiger partial charge is 0.488 e. The van der Waals surface area contributed by atoms with E-state index in [0.717, 1.165) is 53.3 Å². The lowest BCUT2D eigenvalue weighted by atomic mass is 9.88. The molecule has 0 aliphatic heterocycles. The maximum absolute atomic E-state index is 14.0. The Balaban J connectivity index is 1.66. The quantitative estimate of drug-likeness (QED) is 0.110. The first-order valence-electron chi connectivity index (χ1n) is 14.4. The summed E-state index contributed by atoms with van der Waals surface area (Å²) in [6, 6.07) is 40.3. The minimum Gasteiger partial charge on any atom is -0.488 e. The topological polar surface area (TPSA) is 26.3 Å². The summed E-state index contributed by atoms with van der Waals surface area (Å²) in [7, 11) is 0.246. The zero-order valence-corrected chi connectivity index (χ0v) is 25.1. The number of carbonyl (C=O) groups excluding carboxylic acids is 1. The number of carbonyl (C=O) groups is 1. The molecule has 5 rings (SSSR count). The van der Waals surface area contributed by atoms with Crippen LogP contribution >= 0.6 is 8.58 Å². The van der Waals surface area contributed by atoms with Crippen LogP contribution < -0.4 is 10.0 Å². The Hall–Kier alpha value is -4.07. The average Bonchev–Trinajstić information content (AvgIpc) is 3.02. The SMILES string of the molecule is CCC(C)(Pc1ccc(F)cc1C=O)c1cc(Cc2ccccc2)cc(Cc2ccccc2)c1OCc1ccccc1. The lowest BCUT2D eigenvalue weighted by molar-refractivity contribution is 0.112. The second-order valence-corrected chi connectivity index (χ2v) is 12.8. The summed E-state index contributed by atoms with van der Waals surface area (Å²) in [5.74, 6) is 0.497. The van der Waals surface area contributed by atoms with Gasteiger partial charge in [0.15, 0.2) is 6.29 Å². The lowest BCUT2D eigenvalue weighted by Crippen LogP contribution is -2.22. The highest BCUT2D eigenvalue weighted by atomic mass is 31.1. The Morgan fingerprint density at radius 2 is 1.33 bits per heavy atom. The van der Waals surface area contributed by atoms with Crippen molar-refractivity contribution in [1.82, 2.24) is 0 Å². The van der Waals surface area contributed by atoms with Gasteiger partial charge in [0, 0.05) is 22.7 Å². The Morgan fingerprint density at radius 3 is 1.93 bits per heavy atom. The summed E-state index contributed by atoms with van der Waals surface area (Å²) in [5.41, 5.74) is 7.45. The van der Waals surface area contributed by atoms with Crippen LogP contribution in [0.1, 0.15) is 64.0 Å². The van der Waals surface area contributed by atoms with Crippen LogP contribution in [0.25, 0.3) is 0 Å². The minimum absolute atomic E-state index is 0.246. The molecule has 0 saturated carbocycles. The first-order chi connectivity index (χ1) is 20.5. The van der Waals surface area contributed by atoms with E-state index in [0.29, 0.717) is 12.2 Å². The van der Waals surface area contributed by atoms with Crippen LogP contribution in [0.5, 0.6) is 5.75 Å². The lowest BCUT2D eigenvalue weighted by Gasteiger charge is -2.33. The summed E-state index contributed by atoms with van der Waals surface area (Å²) >= 11 is 0. The standard InChI is InChI=1S/C38H36FO2P/c1-3-38(2,42-36-20-19-34(39)25-33(36)26-40)35-24-31(21-28-13-7-4-8-14-28)23-32(22-29-15-9-5-10-16-29)37(35)41-27-30-17-11-6-12-18-30/h4-20,23-26,42H,3,21-22,27H2,1-2H3. The molecule has 0 fully saturated rings. The Kier molecular flexibility index (Phi) is 9.62. The first-order valence-corrected chi connectivity index (χ1v) is 15.4. The Morgan fingerprint density at radius 1 is 0.738 bits per heavy atom. The third-order valence-electron chi connectivity index (χ3n) is 7.79. The number of ether oxygens (including phenoxy) is 1. The summed E-state index contributed by atoms with van der Waals surface area (Å²) in [6.07, 6.45) is 3.12. The fraction of sp³-hybridized carbons (Fsp3) is 0.184. The van der Waals surface area contributed by atoms with Gasteiger partial charge < -0.3 is 4.74 Å². The van der Waals surface area contributed by atoms with E-state index < -0.39 is 5.82 Å². The van der Waals surface area contributed by atoms with Gasteiger partial charge in [0.1, 0.15) is 18.2 Å². The van der Waals surface area contributed by atoms with Crippen molar-refractivity contribution in [1.29, 1.82) is 0 Å². The fourth-order valence-electron chi connectivity index (χ4n) is 5.33. The zero-order valence-electron chi connectivity index (χ0n) is 24.1. The number of hydrogen-bond acceptors (Lipinski definition) is 2. The van der Waals surface area contributed by atoms with Crippen molar-refractivity contribution < 1.29 is 13.9 Å². The van der Waals surface area contributed by atoms with Gasteiger partial charge in [0.25, 0.3) is 0 Å². The summed E-state index contributed by atoms with van der Waals surface area (Å²) in [5, 5.41) is 0.516. The first kappa shape index (κ1) is 29.4. The molecule has 0 amide bonds. The molecule has 0 aliphatic rings. The summed E-state index contributed by atoms with van der Waals surface area (Å²) < 4.78 is 20.8.